The lowest BCUT2D eigenvalue weighted by Gasteiger charge is -2.10. The van der Waals surface area contributed by atoms with E-state index in [0.29, 0.717) is 27.8 Å². The first kappa shape index (κ1) is 16.9. The van der Waals surface area contributed by atoms with E-state index in [-0.39, 0.29) is 4.90 Å². The van der Waals surface area contributed by atoms with E-state index in [9.17, 15) is 8.42 Å². The maximum atomic E-state index is 13.0. The number of hydrogen-bond acceptors (Lipinski definition) is 3. The molecule has 114 valence electrons. The second-order valence-electron chi connectivity index (χ2n) is 4.32. The summed E-state index contributed by atoms with van der Waals surface area (Å²) in [6.45, 7) is 0. The van der Waals surface area contributed by atoms with Gasteiger partial charge in [-0.25, -0.2) is 17.4 Å². The minimum Gasteiger partial charge on any atom is -0.236 e. The van der Waals surface area contributed by atoms with Crippen LogP contribution in [-0.2, 0) is 10.0 Å². The van der Waals surface area contributed by atoms with Crippen LogP contribution in [-0.4, -0.2) is 17.4 Å². The molecule has 3 rings (SSSR count). The molecular formula is C13H6BrClI2N2O2S. The Morgan fingerprint density at radius 1 is 1.23 bits per heavy atom. The zero-order valence-corrected chi connectivity index (χ0v) is 18.1. The van der Waals surface area contributed by atoms with Gasteiger partial charge in [-0.05, 0) is 79.3 Å². The first-order chi connectivity index (χ1) is 10.3. The molecule has 0 amide bonds. The molecule has 9 heteroatoms. The lowest BCUT2D eigenvalue weighted by atomic mass is 10.3. The third-order valence-corrected chi connectivity index (χ3v) is 8.42. The predicted octanol–water partition coefficient (Wildman–Crippen LogP) is 4.90. The van der Waals surface area contributed by atoms with Crippen molar-refractivity contribution in [2.45, 2.75) is 4.90 Å². The van der Waals surface area contributed by atoms with Gasteiger partial charge in [0.1, 0.15) is 4.90 Å². The Hall–Kier alpha value is 0.0900. The van der Waals surface area contributed by atoms with Gasteiger partial charge < -0.3 is 0 Å². The summed E-state index contributed by atoms with van der Waals surface area (Å²) in [5.74, 6) is 0. The summed E-state index contributed by atoms with van der Waals surface area (Å²) in [6, 6.07) is 8.54. The smallest absolute Gasteiger partial charge is 0.236 e. The lowest BCUT2D eigenvalue weighted by molar-refractivity contribution is 0.587. The Balaban J connectivity index is 2.38. The van der Waals surface area contributed by atoms with Crippen LogP contribution in [0, 0.1) is 7.27 Å². The highest BCUT2D eigenvalue weighted by Gasteiger charge is 2.26. The molecular weight excluding hydrogens is 617 g/mol. The molecule has 0 radical (unpaired) electrons. The van der Waals surface area contributed by atoms with Crippen molar-refractivity contribution < 1.29 is 8.42 Å². The van der Waals surface area contributed by atoms with Crippen LogP contribution in [0.1, 0.15) is 0 Å². The van der Waals surface area contributed by atoms with Crippen molar-refractivity contribution in [3.05, 3.63) is 53.3 Å². The second-order valence-corrected chi connectivity index (χ2v) is 9.58. The monoisotopic (exact) mass is 622 g/mol. The standard InChI is InChI=1S/C13H6BrClI2N2O2S/c14-8-6-18-13-7(12(8)15)5-11(17)19(13)22(20,21)10-4-2-1-3-9(10)16/h1-6H. The molecule has 0 saturated heterocycles. The summed E-state index contributed by atoms with van der Waals surface area (Å²) in [5.41, 5.74) is 0.317. The number of hydrogen-bond donors (Lipinski definition) is 0. The van der Waals surface area contributed by atoms with Gasteiger partial charge in [-0.3, -0.25) is 0 Å². The van der Waals surface area contributed by atoms with Gasteiger partial charge in [-0.15, -0.1) is 0 Å². The fourth-order valence-corrected chi connectivity index (χ4v) is 6.48. The summed E-state index contributed by atoms with van der Waals surface area (Å²) in [7, 11) is -3.75. The molecule has 0 atom stereocenters. The van der Waals surface area contributed by atoms with Crippen molar-refractivity contribution in [2.24, 2.45) is 0 Å². The molecule has 0 N–H and O–H groups in total. The molecule has 1 aromatic carbocycles. The number of pyridine rings is 1. The van der Waals surface area contributed by atoms with Crippen molar-refractivity contribution in [1.29, 1.82) is 0 Å². The molecule has 0 aliphatic rings. The maximum absolute atomic E-state index is 13.0. The topological polar surface area (TPSA) is 52.0 Å². The molecule has 0 aliphatic heterocycles. The lowest BCUT2D eigenvalue weighted by Crippen LogP contribution is -2.16. The molecule has 0 spiro atoms. The van der Waals surface area contributed by atoms with Gasteiger partial charge in [0.2, 0.25) is 0 Å². The average Bonchev–Trinajstić information content (AvgIpc) is 2.81. The number of halogens is 4. The van der Waals surface area contributed by atoms with E-state index in [1.807, 2.05) is 45.2 Å². The van der Waals surface area contributed by atoms with Crippen LogP contribution in [0.5, 0.6) is 0 Å². The summed E-state index contributed by atoms with van der Waals surface area (Å²) in [6.07, 6.45) is 1.50. The second kappa shape index (κ2) is 6.19. The highest BCUT2D eigenvalue weighted by molar-refractivity contribution is 14.1. The fraction of sp³-hybridized carbons (Fsp3) is 0. The molecule has 0 unspecified atom stereocenters. The normalized spacial score (nSPS) is 12.0. The van der Waals surface area contributed by atoms with E-state index in [1.165, 1.54) is 10.2 Å². The van der Waals surface area contributed by atoms with Crippen LogP contribution in [0.4, 0.5) is 0 Å². The van der Waals surface area contributed by atoms with Crippen LogP contribution < -0.4 is 0 Å². The quantitative estimate of drug-likeness (QED) is 0.382. The van der Waals surface area contributed by atoms with Crippen LogP contribution in [0.3, 0.4) is 0 Å². The summed E-state index contributed by atoms with van der Waals surface area (Å²) in [4.78, 5) is 4.47. The molecule has 2 heterocycles. The van der Waals surface area contributed by atoms with E-state index in [4.69, 9.17) is 11.6 Å². The van der Waals surface area contributed by atoms with Crippen LogP contribution in [0.2, 0.25) is 5.02 Å². The Kier molecular flexibility index (Phi) is 4.76. The minimum atomic E-state index is -3.75. The first-order valence-corrected chi connectivity index (χ1v) is 10.6. The number of fused-ring (bicyclic) bond motifs is 1. The zero-order chi connectivity index (χ0) is 16.1. The SMILES string of the molecule is O=S(=O)(c1ccccc1I)n1c(I)cc2c(Cl)c(Br)cnc21. The average molecular weight is 623 g/mol. The summed E-state index contributed by atoms with van der Waals surface area (Å²) in [5, 5.41) is 1.04. The van der Waals surface area contributed by atoms with Crippen LogP contribution in [0.15, 0.2) is 45.9 Å². The van der Waals surface area contributed by atoms with Gasteiger partial charge >= 0.3 is 0 Å². The maximum Gasteiger partial charge on any atom is 0.271 e. The zero-order valence-electron chi connectivity index (χ0n) is 10.6. The van der Waals surface area contributed by atoms with Gasteiger partial charge in [0, 0.05) is 15.2 Å². The largest absolute Gasteiger partial charge is 0.271 e. The molecule has 2 aromatic heterocycles. The Morgan fingerprint density at radius 3 is 2.59 bits per heavy atom. The number of nitrogens with zero attached hydrogens (tertiary/aromatic N) is 2. The third-order valence-electron chi connectivity index (χ3n) is 2.99. The van der Waals surface area contributed by atoms with E-state index in [0.717, 1.165) is 0 Å². The van der Waals surface area contributed by atoms with E-state index < -0.39 is 10.0 Å². The molecule has 0 aliphatic carbocycles. The predicted molar refractivity (Wildman–Crippen MR) is 107 cm³/mol. The highest BCUT2D eigenvalue weighted by Crippen LogP contribution is 2.34. The van der Waals surface area contributed by atoms with E-state index >= 15 is 0 Å². The fourth-order valence-electron chi connectivity index (χ4n) is 2.02. The van der Waals surface area contributed by atoms with Crippen molar-refractivity contribution in [1.82, 2.24) is 8.96 Å². The van der Waals surface area contributed by atoms with Gasteiger partial charge in [0.05, 0.1) is 13.2 Å². The molecule has 0 fully saturated rings. The summed E-state index contributed by atoms with van der Waals surface area (Å²) < 4.78 is 29.0. The van der Waals surface area contributed by atoms with E-state index in [1.54, 1.807) is 30.3 Å². The van der Waals surface area contributed by atoms with Crippen LogP contribution >= 0.6 is 72.7 Å². The Labute approximate surface area is 167 Å². The third kappa shape index (κ3) is 2.70. The van der Waals surface area contributed by atoms with Crippen molar-refractivity contribution >= 4 is 93.8 Å². The Bertz CT molecular complexity index is 1000. The number of rotatable bonds is 2. The summed E-state index contributed by atoms with van der Waals surface area (Å²) >= 11 is 13.5. The minimum absolute atomic E-state index is 0.242. The van der Waals surface area contributed by atoms with Gasteiger partial charge in [0.25, 0.3) is 10.0 Å². The number of benzene rings is 1. The van der Waals surface area contributed by atoms with Crippen molar-refractivity contribution in [3.8, 4) is 0 Å². The van der Waals surface area contributed by atoms with Gasteiger partial charge in [-0.1, -0.05) is 23.7 Å². The first-order valence-electron chi connectivity index (χ1n) is 5.85. The Morgan fingerprint density at radius 2 is 1.91 bits per heavy atom. The van der Waals surface area contributed by atoms with Crippen LogP contribution in [0.25, 0.3) is 11.0 Å². The molecule has 4 nitrogen and oxygen atoms in total. The molecule has 22 heavy (non-hydrogen) atoms. The molecule has 3 aromatic rings. The van der Waals surface area contributed by atoms with Crippen molar-refractivity contribution in [2.75, 3.05) is 0 Å². The number of aromatic nitrogens is 2. The van der Waals surface area contributed by atoms with Gasteiger partial charge in [0.15, 0.2) is 5.65 Å². The molecule has 0 bridgehead atoms. The van der Waals surface area contributed by atoms with Crippen molar-refractivity contribution in [3.63, 3.8) is 0 Å². The van der Waals surface area contributed by atoms with E-state index in [2.05, 4.69) is 20.9 Å². The highest BCUT2D eigenvalue weighted by atomic mass is 127. The molecule has 0 saturated carbocycles. The van der Waals surface area contributed by atoms with Gasteiger partial charge in [-0.2, -0.15) is 0 Å².